The molecule has 112 valence electrons. The van der Waals surface area contributed by atoms with Crippen LogP contribution >= 0.6 is 0 Å². The predicted molar refractivity (Wildman–Crippen MR) is 59.8 cm³/mol. The fourth-order valence-corrected chi connectivity index (χ4v) is 2.23. The van der Waals surface area contributed by atoms with Crippen LogP contribution in [0.3, 0.4) is 0 Å². The molecule has 0 aliphatic carbocycles. The van der Waals surface area contributed by atoms with Crippen molar-refractivity contribution in [3.05, 3.63) is 0 Å². The van der Waals surface area contributed by atoms with Crippen LogP contribution in [-0.2, 0) is 9.53 Å². The fraction of sp³-hybridized carbons (Fsp3) is 0.900. The lowest BCUT2D eigenvalue weighted by Crippen LogP contribution is -2.74. The summed E-state index contributed by atoms with van der Waals surface area (Å²) in [5.74, 6) is -3.82. The molecule has 0 radical (unpaired) electrons. The third kappa shape index (κ3) is 2.72. The van der Waals surface area contributed by atoms with Crippen molar-refractivity contribution in [3.8, 4) is 0 Å². The summed E-state index contributed by atoms with van der Waals surface area (Å²) in [4.78, 5) is 11.4. The number of carbonyl (C=O) groups is 1. The quantitative estimate of drug-likeness (QED) is 0.274. The van der Waals surface area contributed by atoms with Crippen LogP contribution in [0.5, 0.6) is 0 Å². The highest BCUT2D eigenvalue weighted by molar-refractivity contribution is 5.80. The number of ether oxygens (including phenoxy) is 1. The van der Waals surface area contributed by atoms with Gasteiger partial charge in [-0.1, -0.05) is 0 Å². The first kappa shape index (κ1) is 16.2. The molecule has 9 nitrogen and oxygen atoms in total. The average molecular weight is 281 g/mol. The topological polar surface area (TPSA) is 174 Å². The maximum atomic E-state index is 11.4. The number of carboxylic acids is 1. The Hall–Kier alpha value is -0.810. The number of aliphatic hydroxyl groups is 5. The Bertz CT molecular complexity index is 348. The second-order valence-electron chi connectivity index (χ2n) is 4.87. The standard InChI is InChI=1S/C10H19NO8/c1-9(18)2-4(13)6(11)10(19-9,8(16)17)7(15)5(14)3-12/h4-7,12-15,18H,2-3,11H2,1H3,(H,16,17)/t4-,5+,6+,7+,9+,10+/m0/s1. The van der Waals surface area contributed by atoms with Crippen molar-refractivity contribution < 1.29 is 40.2 Å². The summed E-state index contributed by atoms with van der Waals surface area (Å²) in [7, 11) is 0. The minimum absolute atomic E-state index is 0.356. The molecule has 0 saturated carbocycles. The van der Waals surface area contributed by atoms with Crippen LogP contribution in [0.2, 0.25) is 0 Å². The van der Waals surface area contributed by atoms with Crippen molar-refractivity contribution >= 4 is 5.97 Å². The first-order valence-electron chi connectivity index (χ1n) is 5.65. The molecule has 0 bridgehead atoms. The molecule has 1 heterocycles. The van der Waals surface area contributed by atoms with E-state index < -0.39 is 48.3 Å². The zero-order valence-electron chi connectivity index (χ0n) is 10.3. The molecule has 0 unspecified atom stereocenters. The van der Waals surface area contributed by atoms with Gasteiger partial charge in [-0.15, -0.1) is 0 Å². The summed E-state index contributed by atoms with van der Waals surface area (Å²) in [6, 6.07) is -1.60. The summed E-state index contributed by atoms with van der Waals surface area (Å²) in [5, 5.41) is 56.8. The first-order valence-corrected chi connectivity index (χ1v) is 5.65. The fourth-order valence-electron chi connectivity index (χ4n) is 2.23. The molecule has 1 aliphatic rings. The number of carboxylic acid groups (broad SMARTS) is 1. The SMILES string of the molecule is C[C@]1(O)C[C@H](O)[C@@H](N)[C@](C(=O)O)([C@H](O)[C@H](O)CO)O1. The van der Waals surface area contributed by atoms with E-state index in [0.29, 0.717) is 0 Å². The molecule has 9 heteroatoms. The maximum absolute atomic E-state index is 11.4. The number of hydrogen-bond acceptors (Lipinski definition) is 8. The Balaban J connectivity index is 3.26. The molecule has 0 aromatic rings. The summed E-state index contributed by atoms with van der Waals surface area (Å²) in [6.45, 7) is 0.155. The lowest BCUT2D eigenvalue weighted by atomic mass is 9.78. The van der Waals surface area contributed by atoms with Crippen LogP contribution in [0.1, 0.15) is 13.3 Å². The molecular formula is C10H19NO8. The number of aliphatic carboxylic acids is 1. The summed E-state index contributed by atoms with van der Waals surface area (Å²) in [6.07, 6.45) is -5.82. The van der Waals surface area contributed by atoms with E-state index in [1.165, 1.54) is 0 Å². The van der Waals surface area contributed by atoms with Crippen molar-refractivity contribution in [2.24, 2.45) is 5.73 Å². The van der Waals surface area contributed by atoms with Gasteiger partial charge in [-0.25, -0.2) is 4.79 Å². The Kier molecular flexibility index (Phi) is 4.52. The van der Waals surface area contributed by atoms with E-state index in [9.17, 15) is 30.3 Å². The smallest absolute Gasteiger partial charge is 0.340 e. The van der Waals surface area contributed by atoms with E-state index >= 15 is 0 Å². The number of nitrogens with two attached hydrogens (primary N) is 1. The second-order valence-corrected chi connectivity index (χ2v) is 4.87. The Morgan fingerprint density at radius 3 is 2.47 bits per heavy atom. The monoisotopic (exact) mass is 281 g/mol. The normalized spacial score (nSPS) is 42.7. The second kappa shape index (κ2) is 5.29. The molecule has 1 aliphatic heterocycles. The molecule has 0 spiro atoms. The van der Waals surface area contributed by atoms with Crippen LogP contribution < -0.4 is 5.73 Å². The predicted octanol–water partition coefficient (Wildman–Crippen LogP) is -3.66. The molecule has 0 aromatic heterocycles. The van der Waals surface area contributed by atoms with E-state index in [1.807, 2.05) is 0 Å². The van der Waals surface area contributed by atoms with Gasteiger partial charge in [0.05, 0.1) is 18.8 Å². The van der Waals surface area contributed by atoms with Gasteiger partial charge in [0.25, 0.3) is 0 Å². The molecule has 0 amide bonds. The van der Waals surface area contributed by atoms with Gasteiger partial charge in [0, 0.05) is 6.42 Å². The molecule has 19 heavy (non-hydrogen) atoms. The highest BCUT2D eigenvalue weighted by atomic mass is 16.7. The Morgan fingerprint density at radius 2 is 2.05 bits per heavy atom. The van der Waals surface area contributed by atoms with Gasteiger partial charge in [0.2, 0.25) is 5.60 Å². The Morgan fingerprint density at radius 1 is 1.53 bits per heavy atom. The van der Waals surface area contributed by atoms with Gasteiger partial charge in [-0.3, -0.25) is 0 Å². The van der Waals surface area contributed by atoms with E-state index in [4.69, 9.17) is 15.6 Å². The van der Waals surface area contributed by atoms with E-state index in [0.717, 1.165) is 6.92 Å². The molecule has 8 N–H and O–H groups in total. The van der Waals surface area contributed by atoms with Crippen LogP contribution in [0.15, 0.2) is 0 Å². The van der Waals surface area contributed by atoms with Crippen molar-refractivity contribution in [2.45, 2.75) is 49.1 Å². The van der Waals surface area contributed by atoms with Gasteiger partial charge in [-0.05, 0) is 6.92 Å². The average Bonchev–Trinajstić information content (AvgIpc) is 2.30. The zero-order valence-corrected chi connectivity index (χ0v) is 10.3. The van der Waals surface area contributed by atoms with Crippen LogP contribution in [-0.4, -0.2) is 79.0 Å². The third-order valence-corrected chi connectivity index (χ3v) is 3.21. The van der Waals surface area contributed by atoms with Crippen LogP contribution in [0.25, 0.3) is 0 Å². The first-order chi connectivity index (χ1) is 8.58. The Labute approximate surface area is 108 Å². The minimum Gasteiger partial charge on any atom is -0.479 e. The summed E-state index contributed by atoms with van der Waals surface area (Å²) in [5.41, 5.74) is 2.92. The lowest BCUT2D eigenvalue weighted by Gasteiger charge is -2.49. The highest BCUT2D eigenvalue weighted by Gasteiger charge is 2.62. The summed E-state index contributed by atoms with van der Waals surface area (Å²) >= 11 is 0. The van der Waals surface area contributed by atoms with E-state index in [-0.39, 0.29) is 6.42 Å². The van der Waals surface area contributed by atoms with Crippen molar-refractivity contribution in [2.75, 3.05) is 6.61 Å². The number of hydrogen-bond donors (Lipinski definition) is 7. The molecule has 1 rings (SSSR count). The third-order valence-electron chi connectivity index (χ3n) is 3.21. The van der Waals surface area contributed by atoms with E-state index in [2.05, 4.69) is 0 Å². The molecule has 1 fully saturated rings. The van der Waals surface area contributed by atoms with Crippen molar-refractivity contribution in [1.29, 1.82) is 0 Å². The van der Waals surface area contributed by atoms with Crippen molar-refractivity contribution in [3.63, 3.8) is 0 Å². The number of rotatable bonds is 4. The van der Waals surface area contributed by atoms with Gasteiger partial charge < -0.3 is 41.1 Å². The molecule has 0 aromatic carbocycles. The zero-order chi connectivity index (χ0) is 15.0. The maximum Gasteiger partial charge on any atom is 0.340 e. The van der Waals surface area contributed by atoms with Gasteiger partial charge in [0.1, 0.15) is 12.2 Å². The van der Waals surface area contributed by atoms with Gasteiger partial charge in [-0.2, -0.15) is 0 Å². The van der Waals surface area contributed by atoms with Gasteiger partial charge >= 0.3 is 5.97 Å². The van der Waals surface area contributed by atoms with Gasteiger partial charge in [0.15, 0.2) is 5.79 Å². The summed E-state index contributed by atoms with van der Waals surface area (Å²) < 4.78 is 4.94. The van der Waals surface area contributed by atoms with Crippen LogP contribution in [0.4, 0.5) is 0 Å². The minimum atomic E-state index is -2.64. The molecule has 1 saturated heterocycles. The van der Waals surface area contributed by atoms with E-state index in [1.54, 1.807) is 0 Å². The van der Waals surface area contributed by atoms with Crippen molar-refractivity contribution in [1.82, 2.24) is 0 Å². The largest absolute Gasteiger partial charge is 0.479 e. The van der Waals surface area contributed by atoms with Crippen LogP contribution in [0, 0.1) is 0 Å². The number of aliphatic hydroxyl groups excluding tert-OH is 4. The molecule has 6 atom stereocenters. The highest BCUT2D eigenvalue weighted by Crippen LogP contribution is 2.37. The molecular weight excluding hydrogens is 262 g/mol. The lowest BCUT2D eigenvalue weighted by molar-refractivity contribution is -0.327.